The molecule has 0 aliphatic heterocycles. The van der Waals surface area contributed by atoms with Gasteiger partial charge in [-0.1, -0.05) is 212 Å². The first kappa shape index (κ1) is 41.5. The quantitative estimate of drug-likeness (QED) is 0.0691. The summed E-state index contributed by atoms with van der Waals surface area (Å²) < 4.78 is 35.0. The van der Waals surface area contributed by atoms with Crippen molar-refractivity contribution in [2.75, 3.05) is 13.2 Å². The van der Waals surface area contributed by atoms with Crippen LogP contribution in [0, 0.1) is 0 Å². The Morgan fingerprint density at radius 3 is 0.932 bits per heavy atom. The summed E-state index contributed by atoms with van der Waals surface area (Å²) in [6.45, 7) is 0.859. The minimum atomic E-state index is -1.03. The fourth-order valence-electron chi connectivity index (χ4n) is 7.38. The fraction of sp³-hybridized carbons (Fsp3) is 0.208. The molecule has 0 aliphatic rings. The molecule has 0 saturated carbocycles. The van der Waals surface area contributed by atoms with Crippen molar-refractivity contribution in [1.29, 1.82) is 0 Å². The third-order valence-electron chi connectivity index (χ3n) is 10.4. The fourth-order valence-corrected chi connectivity index (χ4v) is 7.38. The van der Waals surface area contributed by atoms with Crippen molar-refractivity contribution < 1.29 is 28.8 Å². The molecule has 7 rings (SSSR count). The van der Waals surface area contributed by atoms with Gasteiger partial charge in [0.05, 0.1) is 39.6 Å². The van der Waals surface area contributed by atoms with E-state index in [9.17, 15) is 5.11 Å². The first-order chi connectivity index (χ1) is 29.2. The Morgan fingerprint density at radius 2 is 0.610 bits per heavy atom. The number of aliphatic hydroxyl groups excluding tert-OH is 1. The van der Waals surface area contributed by atoms with E-state index in [1.807, 2.05) is 176 Å². The maximum absolute atomic E-state index is 11.2. The topological polar surface area (TPSA) is 66.4 Å². The molecular formula is C53H52O6. The summed E-state index contributed by atoms with van der Waals surface area (Å²) in [6, 6.07) is 71.0. The van der Waals surface area contributed by atoms with E-state index in [4.69, 9.17) is 23.7 Å². The molecule has 1 N–H and O–H groups in total. The van der Waals surface area contributed by atoms with Crippen LogP contribution < -0.4 is 0 Å². The standard InChI is InChI=1S/C53H52O6/c54-36-49(55-37-42-22-8-1-9-23-42)51(57-39-44-26-12-3-13-27-44)52(58-40-45-28-14-4-15-29-45)50(56-38-43-24-10-2-11-25-43)41-59-53(46-30-16-5-17-31-46,47-32-18-6-19-33-47)48-34-20-7-21-35-48/h1-35,49-52,54H,36-41H2/t49-,50-,51?,52-/m1/s1. The van der Waals surface area contributed by atoms with Crippen molar-refractivity contribution in [1.82, 2.24) is 0 Å². The maximum atomic E-state index is 11.2. The highest BCUT2D eigenvalue weighted by atomic mass is 16.6. The average Bonchev–Trinajstić information content (AvgIpc) is 3.32. The van der Waals surface area contributed by atoms with Crippen molar-refractivity contribution in [2.24, 2.45) is 0 Å². The van der Waals surface area contributed by atoms with Crippen LogP contribution in [0.25, 0.3) is 0 Å². The van der Waals surface area contributed by atoms with Gasteiger partial charge in [-0.2, -0.15) is 0 Å². The lowest BCUT2D eigenvalue weighted by atomic mass is 9.80. The molecule has 4 atom stereocenters. The van der Waals surface area contributed by atoms with Crippen LogP contribution in [0.3, 0.4) is 0 Å². The van der Waals surface area contributed by atoms with Crippen LogP contribution in [0.1, 0.15) is 38.9 Å². The van der Waals surface area contributed by atoms with Gasteiger partial charge in [0.25, 0.3) is 0 Å². The summed E-state index contributed by atoms with van der Waals surface area (Å²) in [7, 11) is 0. The molecule has 0 spiro atoms. The lowest BCUT2D eigenvalue weighted by Gasteiger charge is -2.40. The lowest BCUT2D eigenvalue weighted by molar-refractivity contribution is -0.209. The van der Waals surface area contributed by atoms with Crippen molar-refractivity contribution in [3.8, 4) is 0 Å². The van der Waals surface area contributed by atoms with Gasteiger partial charge in [-0.3, -0.25) is 0 Å². The third kappa shape index (κ3) is 11.3. The average molecular weight is 785 g/mol. The molecule has 0 aliphatic carbocycles. The molecule has 1 unspecified atom stereocenters. The second kappa shape index (κ2) is 21.9. The van der Waals surface area contributed by atoms with E-state index in [0.717, 1.165) is 38.9 Å². The van der Waals surface area contributed by atoms with Crippen LogP contribution in [-0.4, -0.2) is 42.7 Å². The van der Waals surface area contributed by atoms with Crippen molar-refractivity contribution in [3.05, 3.63) is 251 Å². The van der Waals surface area contributed by atoms with Crippen LogP contribution in [0.5, 0.6) is 0 Å². The number of hydrogen-bond donors (Lipinski definition) is 1. The molecule has 0 saturated heterocycles. The number of rotatable bonds is 22. The van der Waals surface area contributed by atoms with E-state index < -0.39 is 30.0 Å². The highest BCUT2D eigenvalue weighted by Crippen LogP contribution is 2.41. The van der Waals surface area contributed by atoms with E-state index >= 15 is 0 Å². The lowest BCUT2D eigenvalue weighted by Crippen LogP contribution is -2.52. The van der Waals surface area contributed by atoms with Gasteiger partial charge in [-0.05, 0) is 38.9 Å². The van der Waals surface area contributed by atoms with E-state index in [1.54, 1.807) is 0 Å². The van der Waals surface area contributed by atoms with E-state index in [1.165, 1.54) is 0 Å². The van der Waals surface area contributed by atoms with Crippen molar-refractivity contribution in [3.63, 3.8) is 0 Å². The second-order valence-electron chi connectivity index (χ2n) is 14.5. The van der Waals surface area contributed by atoms with Crippen LogP contribution in [0.15, 0.2) is 212 Å². The number of hydrogen-bond acceptors (Lipinski definition) is 6. The van der Waals surface area contributed by atoms with Gasteiger partial charge in [0.1, 0.15) is 30.0 Å². The number of ether oxygens (including phenoxy) is 5. The second-order valence-corrected chi connectivity index (χ2v) is 14.5. The molecule has 59 heavy (non-hydrogen) atoms. The van der Waals surface area contributed by atoms with Gasteiger partial charge in [0.2, 0.25) is 0 Å². The Morgan fingerprint density at radius 1 is 0.339 bits per heavy atom. The van der Waals surface area contributed by atoms with Crippen LogP contribution >= 0.6 is 0 Å². The molecule has 300 valence electrons. The summed E-state index contributed by atoms with van der Waals surface area (Å²) in [5, 5.41) is 11.2. The summed E-state index contributed by atoms with van der Waals surface area (Å²) in [4.78, 5) is 0. The Labute approximate surface area is 348 Å². The first-order valence-corrected chi connectivity index (χ1v) is 20.3. The molecular weight excluding hydrogens is 733 g/mol. The SMILES string of the molecule is OC[C@@H](OCc1ccccc1)C(OCc1ccccc1)[C@H](OCc1ccccc1)[C@@H](COC(c1ccccc1)(c1ccccc1)c1ccccc1)OCc1ccccc1. The van der Waals surface area contributed by atoms with Gasteiger partial charge in [-0.25, -0.2) is 0 Å². The summed E-state index contributed by atoms with van der Waals surface area (Å²) in [5.41, 5.74) is 5.83. The zero-order chi connectivity index (χ0) is 40.4. The summed E-state index contributed by atoms with van der Waals surface area (Å²) >= 11 is 0. The van der Waals surface area contributed by atoms with Gasteiger partial charge in [-0.15, -0.1) is 0 Å². The van der Waals surface area contributed by atoms with Crippen LogP contribution in [-0.2, 0) is 55.7 Å². The van der Waals surface area contributed by atoms with Gasteiger partial charge < -0.3 is 28.8 Å². The van der Waals surface area contributed by atoms with Crippen LogP contribution in [0.2, 0.25) is 0 Å². The van der Waals surface area contributed by atoms with Crippen LogP contribution in [0.4, 0.5) is 0 Å². The Balaban J connectivity index is 1.32. The molecule has 0 fully saturated rings. The molecule has 0 heterocycles. The minimum absolute atomic E-state index is 0.0903. The zero-order valence-electron chi connectivity index (χ0n) is 33.2. The summed E-state index contributed by atoms with van der Waals surface area (Å²) in [6.07, 6.45) is -3.08. The normalized spacial score (nSPS) is 13.6. The monoisotopic (exact) mass is 784 g/mol. The van der Waals surface area contributed by atoms with E-state index in [2.05, 4.69) is 36.4 Å². The highest BCUT2D eigenvalue weighted by Gasteiger charge is 2.43. The first-order valence-electron chi connectivity index (χ1n) is 20.3. The Bertz CT molecular complexity index is 2080. The molecule has 7 aromatic carbocycles. The van der Waals surface area contributed by atoms with E-state index in [0.29, 0.717) is 0 Å². The van der Waals surface area contributed by atoms with Crippen molar-refractivity contribution in [2.45, 2.75) is 56.4 Å². The van der Waals surface area contributed by atoms with E-state index in [-0.39, 0.29) is 39.6 Å². The molecule has 6 heteroatoms. The molecule has 0 aromatic heterocycles. The minimum Gasteiger partial charge on any atom is -0.394 e. The molecule has 0 amide bonds. The third-order valence-corrected chi connectivity index (χ3v) is 10.4. The Hall–Kier alpha value is -5.70. The molecule has 6 nitrogen and oxygen atoms in total. The predicted octanol–water partition coefficient (Wildman–Crippen LogP) is 10.3. The molecule has 0 radical (unpaired) electrons. The smallest absolute Gasteiger partial charge is 0.143 e. The highest BCUT2D eigenvalue weighted by molar-refractivity contribution is 5.47. The number of benzene rings is 7. The maximum Gasteiger partial charge on any atom is 0.143 e. The van der Waals surface area contributed by atoms with Crippen molar-refractivity contribution >= 4 is 0 Å². The summed E-state index contributed by atoms with van der Waals surface area (Å²) in [5.74, 6) is 0. The molecule has 7 aromatic rings. The predicted molar refractivity (Wildman–Crippen MR) is 232 cm³/mol. The number of aliphatic hydroxyl groups is 1. The van der Waals surface area contributed by atoms with Gasteiger partial charge in [0, 0.05) is 0 Å². The zero-order valence-corrected chi connectivity index (χ0v) is 33.2. The molecule has 0 bridgehead atoms. The largest absolute Gasteiger partial charge is 0.394 e. The van der Waals surface area contributed by atoms with Gasteiger partial charge >= 0.3 is 0 Å². The Kier molecular flexibility index (Phi) is 15.4. The van der Waals surface area contributed by atoms with Gasteiger partial charge in [0.15, 0.2) is 0 Å².